The van der Waals surface area contributed by atoms with E-state index in [1.54, 1.807) is 18.2 Å². The van der Waals surface area contributed by atoms with Crippen molar-refractivity contribution in [2.45, 2.75) is 6.04 Å². The quantitative estimate of drug-likeness (QED) is 0.659. The molecule has 0 radical (unpaired) electrons. The fraction of sp³-hybridized carbons (Fsp3) is 0.143. The van der Waals surface area contributed by atoms with Crippen molar-refractivity contribution in [3.8, 4) is 5.75 Å². The number of hydrogen-bond donors (Lipinski definition) is 2. The first kappa shape index (κ1) is 13.5. The van der Waals surface area contributed by atoms with Crippen molar-refractivity contribution in [2.24, 2.45) is 5.84 Å². The van der Waals surface area contributed by atoms with Crippen LogP contribution in [0.25, 0.3) is 0 Å². The van der Waals surface area contributed by atoms with E-state index in [0.29, 0.717) is 16.9 Å². The molecule has 0 spiro atoms. The van der Waals surface area contributed by atoms with Gasteiger partial charge in [-0.05, 0) is 23.8 Å². The normalized spacial score (nSPS) is 12.2. The third-order valence-corrected chi connectivity index (χ3v) is 2.83. The summed E-state index contributed by atoms with van der Waals surface area (Å²) in [5.41, 5.74) is 3.65. The van der Waals surface area contributed by atoms with Crippen LogP contribution in [-0.4, -0.2) is 7.11 Å². The molecule has 0 aliphatic carbocycles. The Morgan fingerprint density at radius 3 is 2.32 bits per heavy atom. The van der Waals surface area contributed by atoms with Crippen molar-refractivity contribution in [1.82, 2.24) is 5.43 Å². The highest BCUT2D eigenvalue weighted by atomic mass is 19.1. The van der Waals surface area contributed by atoms with Crippen molar-refractivity contribution >= 4 is 0 Å². The Morgan fingerprint density at radius 2 is 1.74 bits per heavy atom. The second-order valence-corrected chi connectivity index (χ2v) is 4.04. The predicted molar refractivity (Wildman–Crippen MR) is 68.5 cm³/mol. The highest BCUT2D eigenvalue weighted by molar-refractivity contribution is 5.41. The Hall–Kier alpha value is -1.98. The molecule has 1 atom stereocenters. The Bertz CT molecular complexity index is 555. The Labute approximate surface area is 110 Å². The van der Waals surface area contributed by atoms with Gasteiger partial charge in [-0.25, -0.2) is 14.2 Å². The van der Waals surface area contributed by atoms with Crippen molar-refractivity contribution < 1.29 is 13.5 Å². The molecule has 0 aliphatic heterocycles. The molecule has 100 valence electrons. The van der Waals surface area contributed by atoms with Crippen molar-refractivity contribution in [2.75, 3.05) is 7.11 Å². The van der Waals surface area contributed by atoms with E-state index in [4.69, 9.17) is 10.6 Å². The van der Waals surface area contributed by atoms with Crippen molar-refractivity contribution in [3.05, 3.63) is 65.2 Å². The summed E-state index contributed by atoms with van der Waals surface area (Å²) < 4.78 is 31.8. The van der Waals surface area contributed by atoms with Crippen LogP contribution in [0.3, 0.4) is 0 Å². The van der Waals surface area contributed by atoms with Crippen LogP contribution >= 0.6 is 0 Å². The molecule has 2 aromatic rings. The zero-order valence-corrected chi connectivity index (χ0v) is 10.4. The number of ether oxygens (including phenoxy) is 1. The first-order chi connectivity index (χ1) is 9.15. The predicted octanol–water partition coefficient (Wildman–Crippen LogP) is 2.53. The van der Waals surface area contributed by atoms with Gasteiger partial charge in [-0.2, -0.15) is 0 Å². The second-order valence-electron chi connectivity index (χ2n) is 4.04. The van der Waals surface area contributed by atoms with Gasteiger partial charge in [0.2, 0.25) is 0 Å². The second kappa shape index (κ2) is 5.77. The number of nitrogens with one attached hydrogen (secondary N) is 1. The van der Waals surface area contributed by atoms with E-state index in [1.807, 2.05) is 6.07 Å². The number of para-hydroxylation sites is 1. The molecule has 0 fully saturated rings. The molecule has 0 saturated heterocycles. The molecule has 2 aromatic carbocycles. The molecule has 0 aliphatic rings. The van der Waals surface area contributed by atoms with E-state index in [-0.39, 0.29) is 0 Å². The number of rotatable bonds is 4. The first-order valence-electron chi connectivity index (χ1n) is 5.70. The average Bonchev–Trinajstić information content (AvgIpc) is 2.39. The minimum Gasteiger partial charge on any atom is -0.496 e. The topological polar surface area (TPSA) is 47.3 Å². The van der Waals surface area contributed by atoms with Gasteiger partial charge in [-0.15, -0.1) is 0 Å². The minimum atomic E-state index is -0.648. The number of halogens is 2. The summed E-state index contributed by atoms with van der Waals surface area (Å²) in [5, 5.41) is 0. The molecular formula is C14H14F2N2O. The van der Waals surface area contributed by atoms with Gasteiger partial charge in [0.15, 0.2) is 0 Å². The van der Waals surface area contributed by atoms with Crippen LogP contribution < -0.4 is 16.0 Å². The summed E-state index contributed by atoms with van der Waals surface area (Å²) >= 11 is 0. The van der Waals surface area contributed by atoms with Gasteiger partial charge >= 0.3 is 0 Å². The standard InChI is InChI=1S/C14H14F2N2O/c1-19-13-5-3-2-4-12(13)14(18-17)9-6-10(15)8-11(16)7-9/h2-8,14,18H,17H2,1H3. The Balaban J connectivity index is 2.49. The summed E-state index contributed by atoms with van der Waals surface area (Å²) in [6, 6.07) is 9.89. The lowest BCUT2D eigenvalue weighted by atomic mass is 9.98. The zero-order chi connectivity index (χ0) is 13.8. The molecular weight excluding hydrogens is 250 g/mol. The maximum Gasteiger partial charge on any atom is 0.126 e. The summed E-state index contributed by atoms with van der Waals surface area (Å²) in [6.07, 6.45) is 0. The fourth-order valence-electron chi connectivity index (χ4n) is 2.01. The molecule has 0 bridgehead atoms. The van der Waals surface area contributed by atoms with E-state index in [2.05, 4.69) is 5.43 Å². The lowest BCUT2D eigenvalue weighted by molar-refractivity contribution is 0.404. The number of hydrazine groups is 1. The van der Waals surface area contributed by atoms with Gasteiger partial charge in [0, 0.05) is 11.6 Å². The summed E-state index contributed by atoms with van der Waals surface area (Å²) in [6.45, 7) is 0. The number of methoxy groups -OCH3 is 1. The van der Waals surface area contributed by atoms with E-state index in [9.17, 15) is 8.78 Å². The van der Waals surface area contributed by atoms with E-state index >= 15 is 0 Å². The van der Waals surface area contributed by atoms with Gasteiger partial charge in [0.25, 0.3) is 0 Å². The third-order valence-electron chi connectivity index (χ3n) is 2.83. The third kappa shape index (κ3) is 2.89. The van der Waals surface area contributed by atoms with E-state index in [1.165, 1.54) is 19.2 Å². The lowest BCUT2D eigenvalue weighted by Crippen LogP contribution is -2.29. The van der Waals surface area contributed by atoms with Gasteiger partial charge in [-0.1, -0.05) is 18.2 Å². The van der Waals surface area contributed by atoms with Crippen LogP contribution in [-0.2, 0) is 0 Å². The van der Waals surface area contributed by atoms with Crippen molar-refractivity contribution in [3.63, 3.8) is 0 Å². The number of benzene rings is 2. The zero-order valence-electron chi connectivity index (χ0n) is 10.4. The molecule has 5 heteroatoms. The summed E-state index contributed by atoms with van der Waals surface area (Å²) in [4.78, 5) is 0. The lowest BCUT2D eigenvalue weighted by Gasteiger charge is -2.19. The maximum absolute atomic E-state index is 13.3. The number of hydrogen-bond acceptors (Lipinski definition) is 3. The SMILES string of the molecule is COc1ccccc1C(NN)c1cc(F)cc(F)c1. The van der Waals surface area contributed by atoms with Crippen LogP contribution in [0.5, 0.6) is 5.75 Å². The van der Waals surface area contributed by atoms with Crippen LogP contribution in [0.2, 0.25) is 0 Å². The van der Waals surface area contributed by atoms with Gasteiger partial charge in [0.1, 0.15) is 17.4 Å². The van der Waals surface area contributed by atoms with Crippen LogP contribution in [0.1, 0.15) is 17.2 Å². The molecule has 0 amide bonds. The monoisotopic (exact) mass is 264 g/mol. The van der Waals surface area contributed by atoms with Crippen LogP contribution in [0.15, 0.2) is 42.5 Å². The summed E-state index contributed by atoms with van der Waals surface area (Å²) in [5.74, 6) is 4.81. The molecule has 0 saturated carbocycles. The molecule has 1 unspecified atom stereocenters. The highest BCUT2D eigenvalue weighted by Gasteiger charge is 2.18. The minimum absolute atomic E-state index is 0.393. The Morgan fingerprint density at radius 1 is 1.11 bits per heavy atom. The molecule has 19 heavy (non-hydrogen) atoms. The average molecular weight is 264 g/mol. The smallest absolute Gasteiger partial charge is 0.126 e. The van der Waals surface area contributed by atoms with Crippen LogP contribution in [0.4, 0.5) is 8.78 Å². The Kier molecular flexibility index (Phi) is 4.09. The maximum atomic E-state index is 13.3. The molecule has 0 heterocycles. The van der Waals surface area contributed by atoms with E-state index < -0.39 is 17.7 Å². The van der Waals surface area contributed by atoms with Gasteiger partial charge in [-0.3, -0.25) is 5.84 Å². The highest BCUT2D eigenvalue weighted by Crippen LogP contribution is 2.29. The molecule has 2 rings (SSSR count). The molecule has 3 nitrogen and oxygen atoms in total. The summed E-state index contributed by atoms with van der Waals surface area (Å²) in [7, 11) is 1.53. The first-order valence-corrected chi connectivity index (χ1v) is 5.70. The van der Waals surface area contributed by atoms with Crippen LogP contribution in [0, 0.1) is 11.6 Å². The molecule has 0 aromatic heterocycles. The largest absolute Gasteiger partial charge is 0.496 e. The number of nitrogens with two attached hydrogens (primary N) is 1. The van der Waals surface area contributed by atoms with Gasteiger partial charge in [0.05, 0.1) is 13.2 Å². The fourth-order valence-corrected chi connectivity index (χ4v) is 2.01. The molecule has 3 N–H and O–H groups in total. The van der Waals surface area contributed by atoms with E-state index in [0.717, 1.165) is 6.07 Å². The van der Waals surface area contributed by atoms with Gasteiger partial charge < -0.3 is 4.74 Å². The van der Waals surface area contributed by atoms with Crippen molar-refractivity contribution in [1.29, 1.82) is 0 Å².